The molecule has 0 fully saturated rings. The Hall–Kier alpha value is -3.48. The number of aliphatic carboxylic acids is 1. The van der Waals surface area contributed by atoms with Crippen LogP contribution in [0.3, 0.4) is 0 Å². The Morgan fingerprint density at radius 2 is 1.76 bits per heavy atom. The number of carbonyl (C=O) groups excluding carboxylic acids is 3. The number of halogens is 3. The lowest BCUT2D eigenvalue weighted by atomic mass is 10.1. The van der Waals surface area contributed by atoms with E-state index in [0.29, 0.717) is 10.2 Å². The number of nitrogens with zero attached hydrogens (tertiary/aromatic N) is 3. The summed E-state index contributed by atoms with van der Waals surface area (Å²) < 4.78 is 1.60. The average Bonchev–Trinajstić information content (AvgIpc) is 3.21. The van der Waals surface area contributed by atoms with Gasteiger partial charge in [-0.15, -0.1) is 0 Å². The number of aryl methyl sites for hydroxylation is 1. The van der Waals surface area contributed by atoms with Gasteiger partial charge in [0.2, 0.25) is 5.91 Å². The predicted molar refractivity (Wildman–Crippen MR) is 140 cm³/mol. The molecular formula is C23H21BrCl2N6O5. The first-order valence-electron chi connectivity index (χ1n) is 10.7. The summed E-state index contributed by atoms with van der Waals surface area (Å²) in [6.45, 7) is 4.33. The van der Waals surface area contributed by atoms with E-state index in [9.17, 15) is 19.2 Å². The van der Waals surface area contributed by atoms with E-state index < -0.39 is 35.8 Å². The summed E-state index contributed by atoms with van der Waals surface area (Å²) in [4.78, 5) is 53.9. The molecule has 0 spiro atoms. The fourth-order valence-electron chi connectivity index (χ4n) is 3.21. The smallest absolute Gasteiger partial charge is 0.325 e. The number of carbonyl (C=O) groups is 4. The largest absolute Gasteiger partial charge is 0.480 e. The SMILES string of the molecule is Cc1cc(Cl)cc(C(=O)N[C@@H](C)C(=O)N[C@@H](C)C(=O)O)c1NC(=O)c1cc(Br)nn1-c1ncccc1Cl. The van der Waals surface area contributed by atoms with E-state index in [0.717, 1.165) is 0 Å². The number of carboxylic acid groups (broad SMARTS) is 1. The van der Waals surface area contributed by atoms with E-state index >= 15 is 0 Å². The molecule has 0 radical (unpaired) electrons. The van der Waals surface area contributed by atoms with Gasteiger partial charge in [-0.2, -0.15) is 5.10 Å². The Morgan fingerprint density at radius 1 is 1.05 bits per heavy atom. The van der Waals surface area contributed by atoms with Gasteiger partial charge in [0, 0.05) is 17.3 Å². The highest BCUT2D eigenvalue weighted by molar-refractivity contribution is 9.10. The summed E-state index contributed by atoms with van der Waals surface area (Å²) in [6.07, 6.45) is 1.50. The molecule has 0 bridgehead atoms. The Labute approximate surface area is 229 Å². The molecule has 2 aromatic heterocycles. The van der Waals surface area contributed by atoms with Crippen molar-refractivity contribution in [2.75, 3.05) is 5.32 Å². The molecule has 2 atom stereocenters. The second-order valence-corrected chi connectivity index (χ2v) is 9.59. The lowest BCUT2D eigenvalue weighted by Crippen LogP contribution is -2.49. The van der Waals surface area contributed by atoms with Crippen LogP contribution in [0.5, 0.6) is 0 Å². The van der Waals surface area contributed by atoms with Crippen molar-refractivity contribution in [3.8, 4) is 5.82 Å². The summed E-state index contributed by atoms with van der Waals surface area (Å²) in [6, 6.07) is 5.36. The second-order valence-electron chi connectivity index (χ2n) is 7.94. The van der Waals surface area contributed by atoms with Crippen molar-refractivity contribution in [1.82, 2.24) is 25.4 Å². The van der Waals surface area contributed by atoms with Gasteiger partial charge in [0.15, 0.2) is 5.82 Å². The maximum atomic E-state index is 13.3. The quantitative estimate of drug-likeness (QED) is 0.303. The van der Waals surface area contributed by atoms with Crippen LogP contribution in [0.1, 0.15) is 40.3 Å². The fourth-order valence-corrected chi connectivity index (χ4v) is 4.06. The molecule has 3 rings (SSSR count). The normalized spacial score (nSPS) is 12.4. The van der Waals surface area contributed by atoms with Crippen LogP contribution in [0.2, 0.25) is 10.0 Å². The lowest BCUT2D eigenvalue weighted by Gasteiger charge is -2.19. The van der Waals surface area contributed by atoms with E-state index in [2.05, 4.69) is 42.0 Å². The number of aromatic nitrogens is 3. The third kappa shape index (κ3) is 6.64. The zero-order valence-corrected chi connectivity index (χ0v) is 22.8. The topological polar surface area (TPSA) is 155 Å². The van der Waals surface area contributed by atoms with E-state index in [-0.39, 0.29) is 32.8 Å². The highest BCUT2D eigenvalue weighted by atomic mass is 79.9. The third-order valence-electron chi connectivity index (χ3n) is 5.11. The molecule has 0 unspecified atom stereocenters. The summed E-state index contributed by atoms with van der Waals surface area (Å²) in [5.41, 5.74) is 0.687. The van der Waals surface area contributed by atoms with Crippen LogP contribution in [0, 0.1) is 6.92 Å². The summed E-state index contributed by atoms with van der Waals surface area (Å²) in [7, 11) is 0. The van der Waals surface area contributed by atoms with Crippen molar-refractivity contribution < 1.29 is 24.3 Å². The van der Waals surface area contributed by atoms with E-state index in [1.165, 1.54) is 36.9 Å². The molecule has 3 amide bonds. The van der Waals surface area contributed by atoms with Crippen LogP contribution in [0.25, 0.3) is 5.82 Å². The number of nitrogens with one attached hydrogen (secondary N) is 3. The number of benzene rings is 1. The lowest BCUT2D eigenvalue weighted by molar-refractivity contribution is -0.141. The van der Waals surface area contributed by atoms with Gasteiger partial charge in [-0.1, -0.05) is 23.2 Å². The molecule has 14 heteroatoms. The fraction of sp³-hybridized carbons (Fsp3) is 0.217. The van der Waals surface area contributed by atoms with E-state index in [1.807, 2.05) is 0 Å². The third-order valence-corrected chi connectivity index (χ3v) is 6.01. The highest BCUT2D eigenvalue weighted by Crippen LogP contribution is 2.28. The minimum absolute atomic E-state index is 0.00900. The zero-order valence-electron chi connectivity index (χ0n) is 19.7. The molecule has 0 aliphatic carbocycles. The van der Waals surface area contributed by atoms with Crippen molar-refractivity contribution in [3.63, 3.8) is 0 Å². The number of pyridine rings is 1. The Morgan fingerprint density at radius 3 is 2.41 bits per heavy atom. The maximum absolute atomic E-state index is 13.3. The second kappa shape index (κ2) is 11.7. The van der Waals surface area contributed by atoms with Crippen molar-refractivity contribution in [2.45, 2.75) is 32.9 Å². The molecule has 4 N–H and O–H groups in total. The molecule has 37 heavy (non-hydrogen) atoms. The number of anilines is 1. The average molecular weight is 612 g/mol. The molecular weight excluding hydrogens is 591 g/mol. The Balaban J connectivity index is 1.90. The molecule has 11 nitrogen and oxygen atoms in total. The molecule has 0 saturated heterocycles. The molecule has 0 saturated carbocycles. The summed E-state index contributed by atoms with van der Waals surface area (Å²) >= 11 is 15.6. The van der Waals surface area contributed by atoms with Crippen molar-refractivity contribution in [2.24, 2.45) is 0 Å². The molecule has 3 aromatic rings. The molecule has 0 aliphatic heterocycles. The Kier molecular flexibility index (Phi) is 8.89. The van der Waals surface area contributed by atoms with Gasteiger partial charge >= 0.3 is 5.97 Å². The minimum Gasteiger partial charge on any atom is -0.480 e. The van der Waals surface area contributed by atoms with Gasteiger partial charge in [-0.05, 0) is 66.5 Å². The number of carboxylic acids is 1. The van der Waals surface area contributed by atoms with Gasteiger partial charge in [-0.25, -0.2) is 9.67 Å². The number of hydrogen-bond acceptors (Lipinski definition) is 6. The van der Waals surface area contributed by atoms with Crippen LogP contribution < -0.4 is 16.0 Å². The summed E-state index contributed by atoms with van der Waals surface area (Å²) in [5, 5.41) is 21.2. The first-order chi connectivity index (χ1) is 17.4. The Bertz CT molecular complexity index is 1400. The molecule has 1 aromatic carbocycles. The number of hydrogen-bond donors (Lipinski definition) is 4. The van der Waals surface area contributed by atoms with Gasteiger partial charge in [0.1, 0.15) is 22.4 Å². The van der Waals surface area contributed by atoms with Crippen molar-refractivity contribution in [1.29, 1.82) is 0 Å². The summed E-state index contributed by atoms with van der Waals surface area (Å²) in [5.74, 6) is -3.04. The van der Waals surface area contributed by atoms with Gasteiger partial charge in [0.05, 0.1) is 16.3 Å². The molecule has 194 valence electrons. The number of amides is 3. The van der Waals surface area contributed by atoms with Gasteiger partial charge in [0.25, 0.3) is 11.8 Å². The standard InChI is InChI=1S/C23H21BrCl2N6O5/c1-10-7-13(25)8-14(21(34)28-11(2)20(33)29-12(3)23(36)37)18(10)30-22(35)16-9-17(24)31-32(16)19-15(26)5-4-6-27-19/h4-9,11-12H,1-3H3,(H,28,34)(H,29,33)(H,30,35)(H,36,37)/t11-,12-/m0/s1. The van der Waals surface area contributed by atoms with Crippen LogP contribution >= 0.6 is 39.1 Å². The maximum Gasteiger partial charge on any atom is 0.325 e. The van der Waals surface area contributed by atoms with Crippen LogP contribution in [0.4, 0.5) is 5.69 Å². The first-order valence-corrected chi connectivity index (χ1v) is 12.3. The van der Waals surface area contributed by atoms with E-state index in [1.54, 1.807) is 25.1 Å². The van der Waals surface area contributed by atoms with Gasteiger partial charge < -0.3 is 21.1 Å². The predicted octanol–water partition coefficient (Wildman–Crippen LogP) is 3.60. The van der Waals surface area contributed by atoms with E-state index in [4.69, 9.17) is 28.3 Å². The van der Waals surface area contributed by atoms with Crippen molar-refractivity contribution >= 4 is 68.5 Å². The first kappa shape index (κ1) is 28.1. The van der Waals surface area contributed by atoms with Crippen LogP contribution in [0.15, 0.2) is 41.1 Å². The highest BCUT2D eigenvalue weighted by Gasteiger charge is 2.25. The molecule has 0 aliphatic rings. The van der Waals surface area contributed by atoms with Crippen LogP contribution in [-0.4, -0.2) is 55.6 Å². The van der Waals surface area contributed by atoms with Crippen molar-refractivity contribution in [3.05, 3.63) is 68.0 Å². The minimum atomic E-state index is -1.22. The van der Waals surface area contributed by atoms with Gasteiger partial charge in [-0.3, -0.25) is 19.2 Å². The zero-order chi connectivity index (χ0) is 27.4. The van der Waals surface area contributed by atoms with Crippen LogP contribution in [-0.2, 0) is 9.59 Å². The molecule has 2 heterocycles. The monoisotopic (exact) mass is 610 g/mol. The number of rotatable bonds is 8.